The van der Waals surface area contributed by atoms with Crippen LogP contribution >= 0.6 is 0 Å². The average molecular weight is 286 g/mol. The molecule has 110 valence electrons. The summed E-state index contributed by atoms with van der Waals surface area (Å²) in [6, 6.07) is 6.85. The second-order valence-electron chi connectivity index (χ2n) is 5.53. The van der Waals surface area contributed by atoms with Crippen LogP contribution in [0.1, 0.15) is 36.0 Å². The van der Waals surface area contributed by atoms with E-state index in [2.05, 4.69) is 0 Å². The van der Waals surface area contributed by atoms with Crippen LogP contribution in [0.2, 0.25) is 0 Å². The van der Waals surface area contributed by atoms with Crippen LogP contribution in [0.5, 0.6) is 0 Å². The molecule has 1 saturated heterocycles. The van der Waals surface area contributed by atoms with Crippen molar-refractivity contribution in [1.82, 2.24) is 4.90 Å². The van der Waals surface area contributed by atoms with Gasteiger partial charge in [-0.15, -0.1) is 0 Å². The summed E-state index contributed by atoms with van der Waals surface area (Å²) < 4.78 is 0. The van der Waals surface area contributed by atoms with E-state index in [0.29, 0.717) is 11.3 Å². The van der Waals surface area contributed by atoms with E-state index in [0.717, 1.165) is 38.8 Å². The van der Waals surface area contributed by atoms with Gasteiger partial charge in [-0.25, -0.2) is 0 Å². The fourth-order valence-corrected chi connectivity index (χ4v) is 2.96. The molecule has 0 bridgehead atoms. The molecule has 21 heavy (non-hydrogen) atoms. The third-order valence-electron chi connectivity index (χ3n) is 4.13. The Bertz CT molecular complexity index is 589. The number of carbonyl (C=O) groups is 3. The second-order valence-corrected chi connectivity index (χ2v) is 5.53. The van der Waals surface area contributed by atoms with Gasteiger partial charge in [0.15, 0.2) is 0 Å². The molecule has 0 aromatic heterocycles. The van der Waals surface area contributed by atoms with E-state index in [1.165, 1.54) is 4.90 Å². The summed E-state index contributed by atoms with van der Waals surface area (Å²) in [4.78, 5) is 39.5. The predicted molar refractivity (Wildman–Crippen MR) is 78.2 cm³/mol. The Morgan fingerprint density at radius 3 is 2.38 bits per heavy atom. The Morgan fingerprint density at radius 2 is 1.67 bits per heavy atom. The third-order valence-corrected chi connectivity index (χ3v) is 4.13. The van der Waals surface area contributed by atoms with Crippen LogP contribution < -0.4 is 4.90 Å². The van der Waals surface area contributed by atoms with Crippen LogP contribution in [0.3, 0.4) is 0 Å². The summed E-state index contributed by atoms with van der Waals surface area (Å²) in [5, 5.41) is 0. The van der Waals surface area contributed by atoms with Crippen molar-refractivity contribution in [3.05, 3.63) is 29.8 Å². The molecule has 5 heteroatoms. The minimum absolute atomic E-state index is 0.0401. The number of likely N-dealkylation sites (tertiary alicyclic amines) is 1. The van der Waals surface area contributed by atoms with Crippen LogP contribution in [0.25, 0.3) is 0 Å². The van der Waals surface area contributed by atoms with Gasteiger partial charge in [-0.3, -0.25) is 19.3 Å². The van der Waals surface area contributed by atoms with Gasteiger partial charge in [0.2, 0.25) is 5.91 Å². The summed E-state index contributed by atoms with van der Waals surface area (Å²) in [5.74, 6) is -1.19. The maximum absolute atomic E-state index is 12.4. The molecule has 1 aromatic rings. The Kier molecular flexibility index (Phi) is 3.73. The molecule has 2 aliphatic heterocycles. The smallest absolute Gasteiger partial charge is 0.299 e. The largest absolute Gasteiger partial charge is 0.341 e. The molecule has 1 fully saturated rings. The predicted octanol–water partition coefficient (Wildman–Crippen LogP) is 1.62. The lowest BCUT2D eigenvalue weighted by Gasteiger charge is -2.24. The van der Waals surface area contributed by atoms with E-state index in [9.17, 15) is 14.4 Å². The Morgan fingerprint density at radius 1 is 1.00 bits per heavy atom. The Hall–Kier alpha value is -2.17. The van der Waals surface area contributed by atoms with Gasteiger partial charge in [-0.05, 0) is 25.0 Å². The van der Waals surface area contributed by atoms with Crippen molar-refractivity contribution in [3.8, 4) is 0 Å². The summed E-state index contributed by atoms with van der Waals surface area (Å²) in [5.41, 5.74) is 0.946. The number of hydrogen-bond donors (Lipinski definition) is 0. The maximum Gasteiger partial charge on any atom is 0.299 e. The molecule has 0 unspecified atom stereocenters. The number of nitrogens with zero attached hydrogens (tertiary/aromatic N) is 2. The molecule has 0 saturated carbocycles. The number of amides is 2. The lowest BCUT2D eigenvalue weighted by Crippen LogP contribution is -2.42. The molecule has 0 aliphatic carbocycles. The number of para-hydroxylation sites is 1. The van der Waals surface area contributed by atoms with E-state index in [4.69, 9.17) is 0 Å². The summed E-state index contributed by atoms with van der Waals surface area (Å²) in [6.07, 6.45) is 4.31. The molecule has 0 N–H and O–H groups in total. The number of Topliss-reactive ketones (excluding diaryl/α,β-unsaturated/α-hetero) is 1. The first kappa shape index (κ1) is 13.8. The molecular weight excluding hydrogens is 268 g/mol. The first-order valence-electron chi connectivity index (χ1n) is 7.41. The van der Waals surface area contributed by atoms with Crippen molar-refractivity contribution in [1.29, 1.82) is 0 Å². The fourth-order valence-electron chi connectivity index (χ4n) is 2.96. The summed E-state index contributed by atoms with van der Waals surface area (Å²) in [6.45, 7) is 1.45. The monoisotopic (exact) mass is 286 g/mol. The zero-order chi connectivity index (χ0) is 14.8. The third kappa shape index (κ3) is 2.55. The van der Waals surface area contributed by atoms with Crippen LogP contribution in [-0.4, -0.2) is 42.1 Å². The van der Waals surface area contributed by atoms with E-state index in [-0.39, 0.29) is 12.5 Å². The molecule has 5 nitrogen and oxygen atoms in total. The fraction of sp³-hybridized carbons (Fsp3) is 0.438. The topological polar surface area (TPSA) is 57.7 Å². The number of benzene rings is 1. The standard InChI is InChI=1S/C16H18N2O3/c19-14(17-9-5-1-2-6-10-17)11-18-13-8-4-3-7-12(13)15(20)16(18)21/h3-4,7-8H,1-2,5-6,9-11H2. The minimum Gasteiger partial charge on any atom is -0.341 e. The quantitative estimate of drug-likeness (QED) is 0.776. The molecular formula is C16H18N2O3. The van der Waals surface area contributed by atoms with Gasteiger partial charge < -0.3 is 4.90 Å². The number of hydrogen-bond acceptors (Lipinski definition) is 3. The van der Waals surface area contributed by atoms with Gasteiger partial charge in [0, 0.05) is 13.1 Å². The molecule has 2 aliphatic rings. The van der Waals surface area contributed by atoms with Crippen molar-refractivity contribution in [3.63, 3.8) is 0 Å². The van der Waals surface area contributed by atoms with Crippen molar-refractivity contribution in [2.24, 2.45) is 0 Å². The number of fused-ring (bicyclic) bond motifs is 1. The van der Waals surface area contributed by atoms with Crippen molar-refractivity contribution < 1.29 is 14.4 Å². The average Bonchev–Trinajstić information content (AvgIpc) is 2.72. The van der Waals surface area contributed by atoms with Gasteiger partial charge in [-0.1, -0.05) is 25.0 Å². The highest BCUT2D eigenvalue weighted by Gasteiger charge is 2.37. The first-order valence-corrected chi connectivity index (χ1v) is 7.41. The molecule has 1 aromatic carbocycles. The highest BCUT2D eigenvalue weighted by atomic mass is 16.2. The van der Waals surface area contributed by atoms with Crippen molar-refractivity contribution in [2.75, 3.05) is 24.5 Å². The molecule has 0 radical (unpaired) electrons. The van der Waals surface area contributed by atoms with E-state index >= 15 is 0 Å². The highest BCUT2D eigenvalue weighted by Crippen LogP contribution is 2.28. The van der Waals surface area contributed by atoms with Crippen LogP contribution in [0, 0.1) is 0 Å². The zero-order valence-corrected chi connectivity index (χ0v) is 11.9. The van der Waals surface area contributed by atoms with E-state index < -0.39 is 11.7 Å². The lowest BCUT2D eigenvalue weighted by atomic mass is 10.1. The van der Waals surface area contributed by atoms with E-state index in [1.54, 1.807) is 24.3 Å². The zero-order valence-electron chi connectivity index (χ0n) is 11.9. The maximum atomic E-state index is 12.4. The summed E-state index contributed by atoms with van der Waals surface area (Å²) in [7, 11) is 0. The second kappa shape index (κ2) is 5.68. The van der Waals surface area contributed by atoms with Gasteiger partial charge in [-0.2, -0.15) is 0 Å². The van der Waals surface area contributed by atoms with Crippen LogP contribution in [0.4, 0.5) is 5.69 Å². The normalized spacial score (nSPS) is 18.7. The lowest BCUT2D eigenvalue weighted by molar-refractivity contribution is -0.130. The molecule has 2 amide bonds. The molecule has 0 spiro atoms. The molecule has 3 rings (SSSR count). The van der Waals surface area contributed by atoms with Crippen LogP contribution in [-0.2, 0) is 9.59 Å². The summed E-state index contributed by atoms with van der Waals surface area (Å²) >= 11 is 0. The van der Waals surface area contributed by atoms with Gasteiger partial charge in [0.05, 0.1) is 11.3 Å². The minimum atomic E-state index is -0.598. The Labute approximate surface area is 123 Å². The Balaban J connectivity index is 1.77. The molecule has 2 heterocycles. The number of carbonyl (C=O) groups excluding carboxylic acids is 3. The van der Waals surface area contributed by atoms with Gasteiger partial charge in [0.25, 0.3) is 11.7 Å². The van der Waals surface area contributed by atoms with Crippen LogP contribution in [0.15, 0.2) is 24.3 Å². The number of anilines is 1. The SMILES string of the molecule is O=C1C(=O)N(CC(=O)N2CCCCCC2)c2ccccc21. The van der Waals surface area contributed by atoms with Gasteiger partial charge >= 0.3 is 0 Å². The first-order chi connectivity index (χ1) is 10.2. The van der Waals surface area contributed by atoms with Crippen molar-refractivity contribution >= 4 is 23.3 Å². The van der Waals surface area contributed by atoms with E-state index in [1.807, 2.05) is 4.90 Å². The molecule has 0 atom stereocenters. The van der Waals surface area contributed by atoms with Crippen molar-refractivity contribution in [2.45, 2.75) is 25.7 Å². The number of rotatable bonds is 2. The van der Waals surface area contributed by atoms with Gasteiger partial charge in [0.1, 0.15) is 6.54 Å². The highest BCUT2D eigenvalue weighted by molar-refractivity contribution is 6.52. The number of ketones is 1.